The van der Waals surface area contributed by atoms with Crippen molar-refractivity contribution in [3.63, 3.8) is 0 Å². The molecule has 0 saturated carbocycles. The molecule has 26 heavy (non-hydrogen) atoms. The molecule has 0 aliphatic carbocycles. The van der Waals surface area contributed by atoms with E-state index in [1.165, 1.54) is 0 Å². The number of rotatable bonds is 7. The van der Waals surface area contributed by atoms with E-state index in [2.05, 4.69) is 5.32 Å². The van der Waals surface area contributed by atoms with Crippen molar-refractivity contribution in [3.8, 4) is 5.75 Å². The maximum atomic E-state index is 12.4. The molecule has 1 aliphatic heterocycles. The Labute approximate surface area is 147 Å². The summed E-state index contributed by atoms with van der Waals surface area (Å²) in [7, 11) is 0. The van der Waals surface area contributed by atoms with Crippen LogP contribution in [0.25, 0.3) is 0 Å². The standard InChI is InChI=1S/C16H18F3N3O4/c17-16(18,19)9-22-8-10(7-14(22)24)15(25)21-11-1-3-12(4-2-11)26-6-5-13(20)23/h1-4,10H,5-9H2,(H2,20,23)(H,21,25). The highest BCUT2D eigenvalue weighted by molar-refractivity contribution is 5.97. The van der Waals surface area contributed by atoms with E-state index < -0.39 is 36.4 Å². The van der Waals surface area contributed by atoms with Crippen LogP contribution in [0.5, 0.6) is 5.75 Å². The Morgan fingerprint density at radius 3 is 2.50 bits per heavy atom. The molecule has 3 N–H and O–H groups in total. The van der Waals surface area contributed by atoms with E-state index in [0.29, 0.717) is 16.3 Å². The van der Waals surface area contributed by atoms with Gasteiger partial charge in [0.1, 0.15) is 12.3 Å². The molecule has 7 nitrogen and oxygen atoms in total. The number of anilines is 1. The third-order valence-electron chi connectivity index (χ3n) is 3.69. The molecule has 1 aromatic rings. The first kappa shape index (κ1) is 19.5. The predicted octanol–water partition coefficient (Wildman–Crippen LogP) is 1.29. The smallest absolute Gasteiger partial charge is 0.406 e. The number of likely N-dealkylation sites (tertiary alicyclic amines) is 1. The molecule has 3 amide bonds. The summed E-state index contributed by atoms with van der Waals surface area (Å²) < 4.78 is 42.5. The van der Waals surface area contributed by atoms with Crippen LogP contribution in [0, 0.1) is 5.92 Å². The number of halogens is 3. The second-order valence-corrected chi connectivity index (χ2v) is 5.87. The maximum absolute atomic E-state index is 12.4. The molecule has 1 heterocycles. The van der Waals surface area contributed by atoms with Gasteiger partial charge in [0, 0.05) is 18.7 Å². The van der Waals surface area contributed by atoms with E-state index in [0.717, 1.165) is 0 Å². The number of hydrogen-bond acceptors (Lipinski definition) is 4. The number of nitrogens with zero attached hydrogens (tertiary/aromatic N) is 1. The Morgan fingerprint density at radius 2 is 1.92 bits per heavy atom. The predicted molar refractivity (Wildman–Crippen MR) is 85.1 cm³/mol. The quantitative estimate of drug-likeness (QED) is 0.752. The van der Waals surface area contributed by atoms with Crippen molar-refractivity contribution in [2.75, 3.05) is 25.0 Å². The molecule has 10 heteroatoms. The van der Waals surface area contributed by atoms with Crippen molar-refractivity contribution in [1.29, 1.82) is 0 Å². The summed E-state index contributed by atoms with van der Waals surface area (Å²) in [6.45, 7) is -1.49. The lowest BCUT2D eigenvalue weighted by Gasteiger charge is -2.18. The number of carbonyl (C=O) groups excluding carboxylic acids is 3. The Bertz CT molecular complexity index is 676. The number of ether oxygens (including phenoxy) is 1. The zero-order valence-electron chi connectivity index (χ0n) is 13.7. The van der Waals surface area contributed by atoms with Gasteiger partial charge in [0.05, 0.1) is 18.9 Å². The van der Waals surface area contributed by atoms with E-state index in [1.807, 2.05) is 0 Å². The Balaban J connectivity index is 1.86. The second kappa shape index (κ2) is 8.07. The van der Waals surface area contributed by atoms with Gasteiger partial charge in [-0.2, -0.15) is 13.2 Å². The average Bonchev–Trinajstić information content (AvgIpc) is 2.88. The molecule has 1 atom stereocenters. The molecular formula is C16H18F3N3O4. The highest BCUT2D eigenvalue weighted by atomic mass is 19.4. The molecule has 0 bridgehead atoms. The van der Waals surface area contributed by atoms with Crippen LogP contribution in [0.4, 0.5) is 18.9 Å². The number of hydrogen-bond donors (Lipinski definition) is 2. The fourth-order valence-electron chi connectivity index (χ4n) is 2.47. The minimum absolute atomic E-state index is 0.0720. The Kier molecular flexibility index (Phi) is 6.06. The first-order valence-electron chi connectivity index (χ1n) is 7.80. The van der Waals surface area contributed by atoms with E-state index in [4.69, 9.17) is 10.5 Å². The molecule has 1 fully saturated rings. The summed E-state index contributed by atoms with van der Waals surface area (Å²) in [5, 5.41) is 2.56. The summed E-state index contributed by atoms with van der Waals surface area (Å²) in [5.74, 6) is -2.07. The fourth-order valence-corrected chi connectivity index (χ4v) is 2.47. The number of primary amides is 1. The minimum Gasteiger partial charge on any atom is -0.493 e. The van der Waals surface area contributed by atoms with Crippen LogP contribution in [0.1, 0.15) is 12.8 Å². The number of nitrogens with two attached hydrogens (primary N) is 1. The molecule has 0 aromatic heterocycles. The summed E-state index contributed by atoms with van der Waals surface area (Å²) in [6, 6.07) is 6.21. The largest absolute Gasteiger partial charge is 0.493 e. The molecule has 1 aliphatic rings. The van der Waals surface area contributed by atoms with E-state index in [1.54, 1.807) is 24.3 Å². The highest BCUT2D eigenvalue weighted by Gasteiger charge is 2.40. The van der Waals surface area contributed by atoms with Crippen molar-refractivity contribution in [2.24, 2.45) is 11.7 Å². The molecule has 0 spiro atoms. The summed E-state index contributed by atoms with van der Waals surface area (Å²) in [6.07, 6.45) is -4.68. The molecular weight excluding hydrogens is 355 g/mol. The third-order valence-corrected chi connectivity index (χ3v) is 3.69. The number of alkyl halides is 3. The highest BCUT2D eigenvalue weighted by Crippen LogP contribution is 2.25. The van der Waals surface area contributed by atoms with Gasteiger partial charge in [0.15, 0.2) is 0 Å². The van der Waals surface area contributed by atoms with Gasteiger partial charge in [0.25, 0.3) is 0 Å². The minimum atomic E-state index is -4.49. The van der Waals surface area contributed by atoms with Crippen molar-refractivity contribution in [2.45, 2.75) is 19.0 Å². The molecule has 142 valence electrons. The first-order chi connectivity index (χ1) is 12.1. The lowest BCUT2D eigenvalue weighted by Crippen LogP contribution is -2.36. The van der Waals surface area contributed by atoms with Gasteiger partial charge >= 0.3 is 6.18 Å². The van der Waals surface area contributed by atoms with Gasteiger partial charge in [-0.3, -0.25) is 14.4 Å². The third kappa shape index (κ3) is 5.94. The van der Waals surface area contributed by atoms with E-state index in [-0.39, 0.29) is 26.0 Å². The van der Waals surface area contributed by atoms with E-state index >= 15 is 0 Å². The summed E-state index contributed by atoms with van der Waals surface area (Å²) >= 11 is 0. The lowest BCUT2D eigenvalue weighted by molar-refractivity contribution is -0.157. The Hall–Kier alpha value is -2.78. The number of carbonyl (C=O) groups is 3. The first-order valence-corrected chi connectivity index (χ1v) is 7.80. The van der Waals surface area contributed by atoms with Crippen LogP contribution in [-0.4, -0.2) is 48.5 Å². The molecule has 2 rings (SSSR count). The topological polar surface area (TPSA) is 102 Å². The zero-order chi connectivity index (χ0) is 19.3. The van der Waals surface area contributed by atoms with Crippen LogP contribution < -0.4 is 15.8 Å². The van der Waals surface area contributed by atoms with Gasteiger partial charge in [-0.25, -0.2) is 0 Å². The molecule has 1 aromatic carbocycles. The number of amides is 3. The average molecular weight is 373 g/mol. The van der Waals surface area contributed by atoms with Gasteiger partial charge in [-0.05, 0) is 24.3 Å². The lowest BCUT2D eigenvalue weighted by atomic mass is 10.1. The SMILES string of the molecule is NC(=O)CCOc1ccc(NC(=O)C2CC(=O)N(CC(F)(F)F)C2)cc1. The summed E-state index contributed by atoms with van der Waals surface area (Å²) in [5.41, 5.74) is 5.41. The fraction of sp³-hybridized carbons (Fsp3) is 0.438. The van der Waals surface area contributed by atoms with Crippen molar-refractivity contribution in [1.82, 2.24) is 4.90 Å². The van der Waals surface area contributed by atoms with Crippen LogP contribution in [0.15, 0.2) is 24.3 Å². The van der Waals surface area contributed by atoms with Crippen LogP contribution >= 0.6 is 0 Å². The second-order valence-electron chi connectivity index (χ2n) is 5.87. The van der Waals surface area contributed by atoms with Crippen LogP contribution in [0.2, 0.25) is 0 Å². The molecule has 1 saturated heterocycles. The van der Waals surface area contributed by atoms with Crippen LogP contribution in [-0.2, 0) is 14.4 Å². The monoisotopic (exact) mass is 373 g/mol. The number of nitrogens with one attached hydrogen (secondary N) is 1. The van der Waals surface area contributed by atoms with Gasteiger partial charge in [-0.1, -0.05) is 0 Å². The van der Waals surface area contributed by atoms with Gasteiger partial charge in [0.2, 0.25) is 17.7 Å². The number of benzene rings is 1. The molecule has 0 radical (unpaired) electrons. The normalized spacial score (nSPS) is 17.3. The maximum Gasteiger partial charge on any atom is 0.406 e. The van der Waals surface area contributed by atoms with Crippen molar-refractivity contribution in [3.05, 3.63) is 24.3 Å². The summed E-state index contributed by atoms with van der Waals surface area (Å²) in [4.78, 5) is 35.0. The van der Waals surface area contributed by atoms with Gasteiger partial charge in [-0.15, -0.1) is 0 Å². The van der Waals surface area contributed by atoms with Crippen molar-refractivity contribution < 1.29 is 32.3 Å². The Morgan fingerprint density at radius 1 is 1.27 bits per heavy atom. The van der Waals surface area contributed by atoms with Crippen molar-refractivity contribution >= 4 is 23.4 Å². The molecule has 1 unspecified atom stereocenters. The van der Waals surface area contributed by atoms with Crippen LogP contribution in [0.3, 0.4) is 0 Å². The van der Waals surface area contributed by atoms with E-state index in [9.17, 15) is 27.6 Å². The zero-order valence-corrected chi connectivity index (χ0v) is 13.7. The van der Waals surface area contributed by atoms with Gasteiger partial charge < -0.3 is 20.7 Å².